The molecule has 1 aromatic carbocycles. The quantitative estimate of drug-likeness (QED) is 0.849. The lowest BCUT2D eigenvalue weighted by Gasteiger charge is -2.07. The van der Waals surface area contributed by atoms with Crippen molar-refractivity contribution >= 4 is 41.9 Å². The monoisotopic (exact) mass is 368 g/mol. The van der Waals surface area contributed by atoms with E-state index < -0.39 is 10.0 Å². The highest BCUT2D eigenvalue weighted by Crippen LogP contribution is 2.28. The zero-order valence-electron chi connectivity index (χ0n) is 8.15. The fourth-order valence-corrected chi connectivity index (χ4v) is 4.35. The molecule has 2 unspecified atom stereocenters. The van der Waals surface area contributed by atoms with Crippen LogP contribution in [0.1, 0.15) is 6.42 Å². The summed E-state index contributed by atoms with van der Waals surface area (Å²) >= 11 is 6.50. The number of hydrogen-bond donors (Lipinski definition) is 2. The molecule has 2 rings (SSSR count). The Morgan fingerprint density at radius 2 is 2.00 bits per heavy atom. The van der Waals surface area contributed by atoms with Crippen LogP contribution < -0.4 is 10.5 Å². The minimum atomic E-state index is -3.48. The standard InChI is InChI=1S/C9H10Br2N2O2S/c10-5-1-2-9(6(11)3-5)16(14,15)13-8-4-7(8)12/h1-3,7-8,13H,4,12H2. The van der Waals surface area contributed by atoms with E-state index in [1.165, 1.54) is 0 Å². The van der Waals surface area contributed by atoms with E-state index in [0.717, 1.165) is 4.47 Å². The van der Waals surface area contributed by atoms with Crippen molar-refractivity contribution in [2.45, 2.75) is 23.4 Å². The molecule has 2 atom stereocenters. The lowest BCUT2D eigenvalue weighted by Crippen LogP contribution is -2.30. The highest BCUT2D eigenvalue weighted by atomic mass is 79.9. The highest BCUT2D eigenvalue weighted by molar-refractivity contribution is 9.11. The first-order chi connectivity index (χ1) is 7.40. The SMILES string of the molecule is NC1CC1NS(=O)(=O)c1ccc(Br)cc1Br. The van der Waals surface area contributed by atoms with Gasteiger partial charge in [-0.15, -0.1) is 0 Å². The Labute approximate surface area is 111 Å². The van der Waals surface area contributed by atoms with Crippen LogP contribution in [-0.2, 0) is 10.0 Å². The maximum Gasteiger partial charge on any atom is 0.241 e. The molecule has 1 aromatic rings. The molecule has 1 fully saturated rings. The topological polar surface area (TPSA) is 72.2 Å². The third kappa shape index (κ3) is 2.65. The average Bonchev–Trinajstić information content (AvgIpc) is 2.79. The number of rotatable bonds is 3. The summed E-state index contributed by atoms with van der Waals surface area (Å²) < 4.78 is 27.8. The van der Waals surface area contributed by atoms with Crippen LogP contribution in [0.25, 0.3) is 0 Å². The largest absolute Gasteiger partial charge is 0.326 e. The summed E-state index contributed by atoms with van der Waals surface area (Å²) in [6.45, 7) is 0. The second-order valence-electron chi connectivity index (χ2n) is 3.70. The normalized spacial score (nSPS) is 24.4. The van der Waals surface area contributed by atoms with E-state index in [2.05, 4.69) is 36.6 Å². The van der Waals surface area contributed by atoms with Gasteiger partial charge in [-0.05, 0) is 40.5 Å². The first-order valence-electron chi connectivity index (χ1n) is 4.63. The third-order valence-corrected chi connectivity index (χ3v) is 5.29. The molecule has 0 spiro atoms. The maximum atomic E-state index is 11.9. The van der Waals surface area contributed by atoms with Crippen molar-refractivity contribution in [2.24, 2.45) is 5.73 Å². The van der Waals surface area contributed by atoms with Crippen molar-refractivity contribution in [3.63, 3.8) is 0 Å². The number of nitrogens with one attached hydrogen (secondary N) is 1. The van der Waals surface area contributed by atoms with Crippen LogP contribution in [0.3, 0.4) is 0 Å². The molecule has 0 heterocycles. The summed E-state index contributed by atoms with van der Waals surface area (Å²) in [7, 11) is -3.48. The summed E-state index contributed by atoms with van der Waals surface area (Å²) in [5.41, 5.74) is 5.57. The second-order valence-corrected chi connectivity index (χ2v) is 7.15. The first kappa shape index (κ1) is 12.5. The van der Waals surface area contributed by atoms with Crippen LogP contribution in [0.2, 0.25) is 0 Å². The van der Waals surface area contributed by atoms with Crippen LogP contribution in [0.4, 0.5) is 0 Å². The molecule has 88 valence electrons. The van der Waals surface area contributed by atoms with Gasteiger partial charge in [0.25, 0.3) is 0 Å². The maximum absolute atomic E-state index is 11.9. The van der Waals surface area contributed by atoms with E-state index in [1.54, 1.807) is 18.2 Å². The third-order valence-electron chi connectivity index (χ3n) is 2.33. The van der Waals surface area contributed by atoms with E-state index in [4.69, 9.17) is 5.73 Å². The van der Waals surface area contributed by atoms with Crippen molar-refractivity contribution in [2.75, 3.05) is 0 Å². The number of benzene rings is 1. The van der Waals surface area contributed by atoms with E-state index in [1.807, 2.05) is 0 Å². The van der Waals surface area contributed by atoms with Gasteiger partial charge in [0.05, 0.1) is 4.90 Å². The number of halogens is 2. The Morgan fingerprint density at radius 1 is 1.38 bits per heavy atom. The van der Waals surface area contributed by atoms with Crippen LogP contribution in [0, 0.1) is 0 Å². The number of nitrogens with two attached hydrogens (primary N) is 1. The molecule has 0 radical (unpaired) electrons. The van der Waals surface area contributed by atoms with E-state index in [9.17, 15) is 8.42 Å². The van der Waals surface area contributed by atoms with Crippen LogP contribution in [0.5, 0.6) is 0 Å². The summed E-state index contributed by atoms with van der Waals surface area (Å²) in [6.07, 6.45) is 0.702. The Balaban J connectivity index is 2.28. The Kier molecular flexibility index (Phi) is 3.42. The minimum Gasteiger partial charge on any atom is -0.326 e. The Hall–Kier alpha value is 0.0500. The zero-order valence-corrected chi connectivity index (χ0v) is 12.1. The average molecular weight is 370 g/mol. The molecule has 1 aliphatic carbocycles. The van der Waals surface area contributed by atoms with Gasteiger partial charge < -0.3 is 5.73 Å². The molecule has 4 nitrogen and oxygen atoms in total. The first-order valence-corrected chi connectivity index (χ1v) is 7.70. The van der Waals surface area contributed by atoms with Gasteiger partial charge >= 0.3 is 0 Å². The van der Waals surface area contributed by atoms with Crippen molar-refractivity contribution < 1.29 is 8.42 Å². The lowest BCUT2D eigenvalue weighted by molar-refractivity contribution is 0.579. The zero-order chi connectivity index (χ0) is 11.9. The summed E-state index contributed by atoms with van der Waals surface area (Å²) in [5, 5.41) is 0. The molecule has 0 saturated heterocycles. The fourth-order valence-electron chi connectivity index (χ4n) is 1.31. The molecule has 1 aliphatic rings. The molecule has 0 bridgehead atoms. The van der Waals surface area contributed by atoms with Crippen LogP contribution in [-0.4, -0.2) is 20.5 Å². The second kappa shape index (κ2) is 4.38. The van der Waals surface area contributed by atoms with E-state index in [0.29, 0.717) is 10.9 Å². The van der Waals surface area contributed by atoms with Gasteiger partial charge in [0.15, 0.2) is 0 Å². The van der Waals surface area contributed by atoms with Crippen LogP contribution in [0.15, 0.2) is 32.0 Å². The fraction of sp³-hybridized carbons (Fsp3) is 0.333. The number of sulfonamides is 1. The lowest BCUT2D eigenvalue weighted by atomic mass is 10.4. The minimum absolute atomic E-state index is 0.0519. The smallest absolute Gasteiger partial charge is 0.241 e. The molecular weight excluding hydrogens is 360 g/mol. The van der Waals surface area contributed by atoms with Crippen molar-refractivity contribution in [3.05, 3.63) is 27.1 Å². The summed E-state index contributed by atoms with van der Waals surface area (Å²) in [5.74, 6) is 0. The summed E-state index contributed by atoms with van der Waals surface area (Å²) in [6, 6.07) is 4.75. The Bertz CT molecular complexity index is 518. The summed E-state index contributed by atoms with van der Waals surface area (Å²) in [4.78, 5) is 0.231. The van der Waals surface area contributed by atoms with E-state index >= 15 is 0 Å². The molecule has 0 amide bonds. The van der Waals surface area contributed by atoms with Gasteiger partial charge in [0, 0.05) is 21.0 Å². The van der Waals surface area contributed by atoms with Gasteiger partial charge in [-0.1, -0.05) is 15.9 Å². The van der Waals surface area contributed by atoms with Gasteiger partial charge in [-0.25, -0.2) is 13.1 Å². The molecule has 0 aliphatic heterocycles. The molecule has 3 N–H and O–H groups in total. The van der Waals surface area contributed by atoms with Crippen LogP contribution >= 0.6 is 31.9 Å². The van der Waals surface area contributed by atoms with Crippen molar-refractivity contribution in [3.8, 4) is 0 Å². The number of hydrogen-bond acceptors (Lipinski definition) is 3. The van der Waals surface area contributed by atoms with Gasteiger partial charge in [-0.3, -0.25) is 0 Å². The predicted molar refractivity (Wildman–Crippen MR) is 68.5 cm³/mol. The molecule has 1 saturated carbocycles. The predicted octanol–water partition coefficient (Wildman–Crippen LogP) is 1.59. The Morgan fingerprint density at radius 3 is 2.50 bits per heavy atom. The molecule has 7 heteroatoms. The highest BCUT2D eigenvalue weighted by Gasteiger charge is 2.37. The molecule has 0 aromatic heterocycles. The van der Waals surface area contributed by atoms with E-state index in [-0.39, 0.29) is 17.0 Å². The van der Waals surface area contributed by atoms with Gasteiger partial charge in [-0.2, -0.15) is 0 Å². The van der Waals surface area contributed by atoms with Gasteiger partial charge in [0.1, 0.15) is 0 Å². The van der Waals surface area contributed by atoms with Crippen molar-refractivity contribution in [1.82, 2.24) is 4.72 Å². The van der Waals surface area contributed by atoms with Crippen molar-refractivity contribution in [1.29, 1.82) is 0 Å². The molecule has 16 heavy (non-hydrogen) atoms. The molecular formula is C9H10Br2N2O2S. The van der Waals surface area contributed by atoms with Gasteiger partial charge in [0.2, 0.25) is 10.0 Å².